The van der Waals surface area contributed by atoms with E-state index >= 15 is 0 Å². The van der Waals surface area contributed by atoms with E-state index in [1.165, 1.54) is 6.42 Å². The second-order valence-electron chi connectivity index (χ2n) is 4.53. The lowest BCUT2D eigenvalue weighted by Crippen LogP contribution is -2.40. The molecule has 0 aromatic carbocycles. The summed E-state index contributed by atoms with van der Waals surface area (Å²) in [7, 11) is 0. The van der Waals surface area contributed by atoms with Gasteiger partial charge in [-0.25, -0.2) is 4.79 Å². The maximum atomic E-state index is 11.4. The molecule has 92 valence electrons. The number of hydrogen-bond donors (Lipinski definition) is 0. The molecular formula is C13H22O3. The molecule has 16 heavy (non-hydrogen) atoms. The summed E-state index contributed by atoms with van der Waals surface area (Å²) in [4.78, 5) is 11.4. The number of rotatable bonds is 5. The zero-order valence-corrected chi connectivity index (χ0v) is 10.4. The summed E-state index contributed by atoms with van der Waals surface area (Å²) in [5, 5.41) is 0. The Morgan fingerprint density at radius 2 is 1.94 bits per heavy atom. The van der Waals surface area contributed by atoms with Crippen molar-refractivity contribution in [1.82, 2.24) is 0 Å². The molecule has 1 fully saturated rings. The third-order valence-electron chi connectivity index (χ3n) is 3.03. The molecule has 1 rings (SSSR count). The minimum atomic E-state index is -0.315. The minimum absolute atomic E-state index is 0.238. The van der Waals surface area contributed by atoms with Crippen LogP contribution in [-0.4, -0.2) is 24.8 Å². The topological polar surface area (TPSA) is 35.5 Å². The van der Waals surface area contributed by atoms with Gasteiger partial charge >= 0.3 is 5.97 Å². The van der Waals surface area contributed by atoms with Crippen LogP contribution in [0.2, 0.25) is 0 Å². The van der Waals surface area contributed by atoms with E-state index < -0.39 is 0 Å². The fourth-order valence-electron chi connectivity index (χ4n) is 2.15. The van der Waals surface area contributed by atoms with Crippen LogP contribution in [0, 0.1) is 0 Å². The van der Waals surface area contributed by atoms with E-state index in [-0.39, 0.29) is 11.6 Å². The smallest absolute Gasteiger partial charge is 0.333 e. The highest BCUT2D eigenvalue weighted by molar-refractivity contribution is 5.86. The van der Waals surface area contributed by atoms with Crippen molar-refractivity contribution < 1.29 is 14.3 Å². The van der Waals surface area contributed by atoms with Gasteiger partial charge in [-0.3, -0.25) is 0 Å². The highest BCUT2D eigenvalue weighted by atomic mass is 16.6. The predicted molar refractivity (Wildman–Crippen MR) is 63.2 cm³/mol. The molecule has 3 heteroatoms. The second-order valence-corrected chi connectivity index (χ2v) is 4.53. The normalized spacial score (nSPS) is 19.1. The van der Waals surface area contributed by atoms with Gasteiger partial charge in [0.2, 0.25) is 0 Å². The molecule has 0 atom stereocenters. The van der Waals surface area contributed by atoms with E-state index in [9.17, 15) is 4.79 Å². The Morgan fingerprint density at radius 1 is 1.31 bits per heavy atom. The third kappa shape index (κ3) is 3.63. The van der Waals surface area contributed by atoms with E-state index in [0.717, 1.165) is 25.7 Å². The lowest BCUT2D eigenvalue weighted by Gasteiger charge is -2.36. The molecular weight excluding hydrogens is 204 g/mol. The highest BCUT2D eigenvalue weighted by Crippen LogP contribution is 2.32. The zero-order chi connectivity index (χ0) is 12.0. The molecule has 0 radical (unpaired) electrons. The number of ether oxygens (including phenoxy) is 2. The Bertz CT molecular complexity index is 246. The standard InChI is InChI=1S/C13H22O3/c1-4-16-13(8-6-5-7-9-13)10-15-12(14)11(2)3/h2,4-10H2,1,3H3. The summed E-state index contributed by atoms with van der Waals surface area (Å²) in [5.74, 6) is -0.315. The number of carbonyl (C=O) groups excluding carboxylic acids is 1. The molecule has 1 saturated carbocycles. The van der Waals surface area contributed by atoms with E-state index in [1.54, 1.807) is 6.92 Å². The van der Waals surface area contributed by atoms with E-state index in [2.05, 4.69) is 6.58 Å². The van der Waals surface area contributed by atoms with Crippen molar-refractivity contribution >= 4 is 5.97 Å². The molecule has 3 nitrogen and oxygen atoms in total. The fourth-order valence-corrected chi connectivity index (χ4v) is 2.15. The van der Waals surface area contributed by atoms with Crippen LogP contribution in [0.1, 0.15) is 46.0 Å². The number of carbonyl (C=O) groups is 1. The molecule has 0 aliphatic heterocycles. The average Bonchev–Trinajstić information content (AvgIpc) is 2.27. The molecule has 1 aliphatic rings. The Morgan fingerprint density at radius 3 is 2.44 bits per heavy atom. The maximum absolute atomic E-state index is 11.4. The van der Waals surface area contributed by atoms with E-state index in [4.69, 9.17) is 9.47 Å². The number of hydrogen-bond acceptors (Lipinski definition) is 3. The van der Waals surface area contributed by atoms with Crippen molar-refractivity contribution in [1.29, 1.82) is 0 Å². The second kappa shape index (κ2) is 6.04. The summed E-state index contributed by atoms with van der Waals surface area (Å²) in [5.41, 5.74) is 0.209. The van der Waals surface area contributed by atoms with Crippen LogP contribution in [0.25, 0.3) is 0 Å². The van der Waals surface area contributed by atoms with Crippen molar-refractivity contribution in [3.63, 3.8) is 0 Å². The average molecular weight is 226 g/mol. The third-order valence-corrected chi connectivity index (χ3v) is 3.03. The van der Waals surface area contributed by atoms with Crippen LogP contribution in [0.4, 0.5) is 0 Å². The van der Waals surface area contributed by atoms with Gasteiger partial charge in [0.15, 0.2) is 0 Å². The van der Waals surface area contributed by atoms with Crippen LogP contribution in [0.3, 0.4) is 0 Å². The molecule has 0 aromatic heterocycles. The molecule has 0 spiro atoms. The van der Waals surface area contributed by atoms with E-state index in [0.29, 0.717) is 18.8 Å². The first-order chi connectivity index (χ1) is 7.59. The monoisotopic (exact) mass is 226 g/mol. The summed E-state index contributed by atoms with van der Waals surface area (Å²) in [6.07, 6.45) is 5.55. The largest absolute Gasteiger partial charge is 0.459 e. The molecule has 0 amide bonds. The Kier molecular flexibility index (Phi) is 5.00. The SMILES string of the molecule is C=C(C)C(=O)OCC1(OCC)CCCCC1. The Balaban J connectivity index is 2.50. The quantitative estimate of drug-likeness (QED) is 0.534. The first-order valence-electron chi connectivity index (χ1n) is 6.06. The Hall–Kier alpha value is -0.830. The van der Waals surface area contributed by atoms with Gasteiger partial charge in [-0.15, -0.1) is 0 Å². The lowest BCUT2D eigenvalue weighted by atomic mass is 9.85. The van der Waals surface area contributed by atoms with Crippen LogP contribution in [0.5, 0.6) is 0 Å². The Labute approximate surface area is 97.8 Å². The first-order valence-corrected chi connectivity index (χ1v) is 6.06. The highest BCUT2D eigenvalue weighted by Gasteiger charge is 2.34. The van der Waals surface area contributed by atoms with Gasteiger partial charge in [0.05, 0.1) is 0 Å². The fraction of sp³-hybridized carbons (Fsp3) is 0.769. The first kappa shape index (κ1) is 13.2. The van der Waals surface area contributed by atoms with Crippen molar-refractivity contribution in [3.05, 3.63) is 12.2 Å². The molecule has 0 aromatic rings. The lowest BCUT2D eigenvalue weighted by molar-refractivity contribution is -0.155. The molecule has 1 aliphatic carbocycles. The predicted octanol–water partition coefficient (Wildman–Crippen LogP) is 2.85. The molecule has 0 unspecified atom stereocenters. The molecule has 0 bridgehead atoms. The van der Waals surface area contributed by atoms with Gasteiger partial charge in [0.25, 0.3) is 0 Å². The van der Waals surface area contributed by atoms with Gasteiger partial charge in [-0.05, 0) is 26.7 Å². The summed E-state index contributed by atoms with van der Waals surface area (Å²) < 4.78 is 11.0. The van der Waals surface area contributed by atoms with Crippen LogP contribution >= 0.6 is 0 Å². The van der Waals surface area contributed by atoms with Gasteiger partial charge in [0.1, 0.15) is 12.2 Å². The van der Waals surface area contributed by atoms with Crippen LogP contribution in [-0.2, 0) is 14.3 Å². The van der Waals surface area contributed by atoms with Crippen molar-refractivity contribution in [2.75, 3.05) is 13.2 Å². The van der Waals surface area contributed by atoms with Crippen molar-refractivity contribution in [2.45, 2.75) is 51.6 Å². The van der Waals surface area contributed by atoms with Gasteiger partial charge in [-0.1, -0.05) is 25.8 Å². The molecule has 0 saturated heterocycles. The van der Waals surface area contributed by atoms with Crippen molar-refractivity contribution in [2.24, 2.45) is 0 Å². The summed E-state index contributed by atoms with van der Waals surface area (Å²) in [6, 6.07) is 0. The molecule has 0 heterocycles. The summed E-state index contributed by atoms with van der Waals surface area (Å²) in [6.45, 7) is 8.26. The van der Waals surface area contributed by atoms with Gasteiger partial charge in [-0.2, -0.15) is 0 Å². The van der Waals surface area contributed by atoms with Gasteiger partial charge in [0, 0.05) is 12.2 Å². The van der Waals surface area contributed by atoms with Crippen LogP contribution < -0.4 is 0 Å². The van der Waals surface area contributed by atoms with Crippen LogP contribution in [0.15, 0.2) is 12.2 Å². The minimum Gasteiger partial charge on any atom is -0.459 e. The number of esters is 1. The zero-order valence-electron chi connectivity index (χ0n) is 10.4. The van der Waals surface area contributed by atoms with E-state index in [1.807, 2.05) is 6.92 Å². The van der Waals surface area contributed by atoms with Gasteiger partial charge < -0.3 is 9.47 Å². The maximum Gasteiger partial charge on any atom is 0.333 e. The molecule has 0 N–H and O–H groups in total. The van der Waals surface area contributed by atoms with Crippen molar-refractivity contribution in [3.8, 4) is 0 Å². The summed E-state index contributed by atoms with van der Waals surface area (Å²) >= 11 is 0.